The second kappa shape index (κ2) is 8.82. The number of Topliss-reactive ketones (excluding diaryl/α,β-unsaturated/α-hetero) is 2. The van der Waals surface area contributed by atoms with Crippen molar-refractivity contribution in [1.29, 1.82) is 0 Å². The summed E-state index contributed by atoms with van der Waals surface area (Å²) in [6.45, 7) is 6.81. The number of ether oxygens (including phenoxy) is 2. The van der Waals surface area contributed by atoms with Crippen LogP contribution in [0.1, 0.15) is 67.2 Å². The highest BCUT2D eigenvalue weighted by Crippen LogP contribution is 2.58. The zero-order valence-corrected chi connectivity index (χ0v) is 18.2. The highest BCUT2D eigenvalue weighted by atomic mass is 16.7. The van der Waals surface area contributed by atoms with Gasteiger partial charge in [-0.3, -0.25) is 9.59 Å². The van der Waals surface area contributed by atoms with E-state index in [0.29, 0.717) is 12.1 Å². The van der Waals surface area contributed by atoms with E-state index in [1.165, 1.54) is 0 Å². The minimum Gasteiger partial charge on any atom is -0.463 e. The zero-order chi connectivity index (χ0) is 21.9. The Morgan fingerprint density at radius 2 is 1.87 bits per heavy atom. The van der Waals surface area contributed by atoms with E-state index in [4.69, 9.17) is 9.47 Å². The third kappa shape index (κ3) is 3.63. The highest BCUT2D eigenvalue weighted by Gasteiger charge is 2.85. The number of esters is 1. The van der Waals surface area contributed by atoms with Gasteiger partial charge >= 0.3 is 5.97 Å². The normalized spacial score (nSPS) is 25.2. The Balaban J connectivity index is 1.89. The topological polar surface area (TPSA) is 85.0 Å². The van der Waals surface area contributed by atoms with Gasteiger partial charge in [0, 0.05) is 30.0 Å². The standard InChI is InChI=1S/C24H31NO5/c1-5-6-9-17(14-25-4)15-29-22(28)24-21(27)19-11-8-7-10-18(19)20(26)23(24,30-24)13-12-16(2)3/h7-8,10-12,17,25H,5-6,9,13-15H2,1-4H3/t17-,23+,24+/m1/s1. The molecule has 2 aliphatic rings. The molecule has 1 saturated heterocycles. The largest absolute Gasteiger partial charge is 0.463 e. The smallest absolute Gasteiger partial charge is 0.350 e. The first-order valence-corrected chi connectivity index (χ1v) is 10.7. The van der Waals surface area contributed by atoms with Gasteiger partial charge < -0.3 is 14.8 Å². The molecule has 0 aromatic heterocycles. The number of hydrogen-bond donors (Lipinski definition) is 1. The van der Waals surface area contributed by atoms with Gasteiger partial charge in [-0.15, -0.1) is 0 Å². The van der Waals surface area contributed by atoms with Crippen molar-refractivity contribution in [2.75, 3.05) is 20.2 Å². The molecule has 1 heterocycles. The van der Waals surface area contributed by atoms with Gasteiger partial charge in [0.2, 0.25) is 5.78 Å². The van der Waals surface area contributed by atoms with Crippen molar-refractivity contribution < 1.29 is 23.9 Å². The van der Waals surface area contributed by atoms with Crippen LogP contribution in [0.4, 0.5) is 0 Å². The lowest BCUT2D eigenvalue weighted by Crippen LogP contribution is -2.50. The number of rotatable bonds is 10. The average molecular weight is 414 g/mol. The average Bonchev–Trinajstić information content (AvgIpc) is 3.45. The molecule has 0 spiro atoms. The van der Waals surface area contributed by atoms with Crippen LogP contribution in [-0.4, -0.2) is 48.9 Å². The molecule has 1 aliphatic heterocycles. The molecule has 6 nitrogen and oxygen atoms in total. The lowest BCUT2D eigenvalue weighted by molar-refractivity contribution is -0.149. The fraction of sp³-hybridized carbons (Fsp3) is 0.542. The monoisotopic (exact) mass is 413 g/mol. The molecule has 1 aromatic rings. The molecule has 1 N–H and O–H groups in total. The molecule has 3 atom stereocenters. The third-order valence-corrected chi connectivity index (χ3v) is 5.95. The first kappa shape index (κ1) is 22.4. The van der Waals surface area contributed by atoms with Crippen LogP contribution in [0.2, 0.25) is 0 Å². The lowest BCUT2D eigenvalue weighted by atomic mass is 9.72. The summed E-state index contributed by atoms with van der Waals surface area (Å²) in [6.07, 6.45) is 4.99. The predicted molar refractivity (Wildman–Crippen MR) is 114 cm³/mol. The molecule has 3 rings (SSSR count). The maximum atomic E-state index is 13.3. The van der Waals surface area contributed by atoms with Crippen LogP contribution >= 0.6 is 0 Å². The number of unbranched alkanes of at least 4 members (excludes halogenated alkanes) is 1. The number of benzene rings is 1. The third-order valence-electron chi connectivity index (χ3n) is 5.95. The van der Waals surface area contributed by atoms with E-state index in [9.17, 15) is 14.4 Å². The van der Waals surface area contributed by atoms with Crippen LogP contribution in [-0.2, 0) is 14.3 Å². The number of nitrogens with one attached hydrogen (secondary N) is 1. The Morgan fingerprint density at radius 3 is 2.47 bits per heavy atom. The summed E-state index contributed by atoms with van der Waals surface area (Å²) in [5, 5.41) is 3.12. The van der Waals surface area contributed by atoms with Gasteiger partial charge in [-0.25, -0.2) is 4.79 Å². The first-order chi connectivity index (χ1) is 14.3. The SMILES string of the molecule is CCCC[C@H](CNC)COC(=O)[C@]12O[C@@]1(CC=C(C)C)C(=O)c1ccccc1C2=O. The maximum Gasteiger partial charge on any atom is 0.350 e. The number of allylic oxidation sites excluding steroid dienone is 1. The van der Waals surface area contributed by atoms with Crippen molar-refractivity contribution in [2.45, 2.75) is 57.7 Å². The number of ketones is 2. The Bertz CT molecular complexity index is 872. The summed E-state index contributed by atoms with van der Waals surface area (Å²) in [7, 11) is 1.86. The minimum absolute atomic E-state index is 0.142. The van der Waals surface area contributed by atoms with Gasteiger partial charge in [0.05, 0.1) is 6.61 Å². The molecule has 6 heteroatoms. The van der Waals surface area contributed by atoms with Crippen molar-refractivity contribution in [3.63, 3.8) is 0 Å². The fourth-order valence-electron chi connectivity index (χ4n) is 4.20. The molecular formula is C24H31NO5. The Hall–Kier alpha value is -2.31. The molecule has 1 fully saturated rings. The number of epoxide rings is 1. The summed E-state index contributed by atoms with van der Waals surface area (Å²) in [6, 6.07) is 6.58. The summed E-state index contributed by atoms with van der Waals surface area (Å²) in [4.78, 5) is 39.9. The number of fused-ring (bicyclic) bond motifs is 2. The Morgan fingerprint density at radius 1 is 1.20 bits per heavy atom. The molecule has 0 saturated carbocycles. The Kier molecular flexibility index (Phi) is 6.58. The molecule has 0 radical (unpaired) electrons. The van der Waals surface area contributed by atoms with Gasteiger partial charge in [-0.05, 0) is 27.3 Å². The summed E-state index contributed by atoms with van der Waals surface area (Å²) in [5.41, 5.74) is -1.87. The molecule has 1 aliphatic carbocycles. The number of hydrogen-bond acceptors (Lipinski definition) is 6. The van der Waals surface area contributed by atoms with Gasteiger partial charge in [0.1, 0.15) is 0 Å². The van der Waals surface area contributed by atoms with E-state index in [1.54, 1.807) is 24.3 Å². The van der Waals surface area contributed by atoms with Crippen molar-refractivity contribution in [3.05, 3.63) is 47.0 Å². The number of carbonyl (C=O) groups is 3. The lowest BCUT2D eigenvalue weighted by Gasteiger charge is -2.24. The molecule has 0 bridgehead atoms. The molecule has 162 valence electrons. The second-order valence-corrected chi connectivity index (χ2v) is 8.46. The van der Waals surface area contributed by atoms with Crippen molar-refractivity contribution in [3.8, 4) is 0 Å². The number of carbonyl (C=O) groups excluding carboxylic acids is 3. The zero-order valence-electron chi connectivity index (χ0n) is 18.2. The molecule has 0 amide bonds. The van der Waals surface area contributed by atoms with E-state index in [0.717, 1.165) is 24.8 Å². The van der Waals surface area contributed by atoms with Crippen LogP contribution in [0.3, 0.4) is 0 Å². The quantitative estimate of drug-likeness (QED) is 0.274. The molecular weight excluding hydrogens is 382 g/mol. The predicted octanol–water partition coefficient (Wildman–Crippen LogP) is 3.50. The van der Waals surface area contributed by atoms with Crippen LogP contribution in [0, 0.1) is 5.92 Å². The van der Waals surface area contributed by atoms with E-state index >= 15 is 0 Å². The van der Waals surface area contributed by atoms with E-state index in [1.807, 2.05) is 27.0 Å². The summed E-state index contributed by atoms with van der Waals surface area (Å²) < 4.78 is 11.4. The van der Waals surface area contributed by atoms with Gasteiger partial charge in [-0.1, -0.05) is 55.7 Å². The Labute approximate surface area is 178 Å². The van der Waals surface area contributed by atoms with Crippen LogP contribution in [0.15, 0.2) is 35.9 Å². The summed E-state index contributed by atoms with van der Waals surface area (Å²) >= 11 is 0. The van der Waals surface area contributed by atoms with Crippen molar-refractivity contribution >= 4 is 17.5 Å². The maximum absolute atomic E-state index is 13.3. The van der Waals surface area contributed by atoms with Crippen LogP contribution in [0.5, 0.6) is 0 Å². The van der Waals surface area contributed by atoms with Crippen molar-refractivity contribution in [1.82, 2.24) is 5.32 Å². The van der Waals surface area contributed by atoms with Gasteiger partial charge in [-0.2, -0.15) is 0 Å². The van der Waals surface area contributed by atoms with E-state index in [-0.39, 0.29) is 30.3 Å². The van der Waals surface area contributed by atoms with Gasteiger partial charge in [0.25, 0.3) is 5.60 Å². The summed E-state index contributed by atoms with van der Waals surface area (Å²) in [5.74, 6) is -1.42. The van der Waals surface area contributed by atoms with Crippen molar-refractivity contribution in [2.24, 2.45) is 5.92 Å². The van der Waals surface area contributed by atoms with Gasteiger partial charge in [0.15, 0.2) is 11.4 Å². The van der Waals surface area contributed by atoms with Crippen LogP contribution in [0.25, 0.3) is 0 Å². The minimum atomic E-state index is -1.88. The molecule has 30 heavy (non-hydrogen) atoms. The van der Waals surface area contributed by atoms with E-state index < -0.39 is 23.0 Å². The van der Waals surface area contributed by atoms with Crippen LogP contribution < -0.4 is 5.32 Å². The van der Waals surface area contributed by atoms with E-state index in [2.05, 4.69) is 12.2 Å². The fourth-order valence-corrected chi connectivity index (χ4v) is 4.20. The second-order valence-electron chi connectivity index (χ2n) is 8.46. The molecule has 0 unspecified atom stereocenters. The molecule has 1 aromatic carbocycles. The first-order valence-electron chi connectivity index (χ1n) is 10.7. The highest BCUT2D eigenvalue weighted by molar-refractivity contribution is 6.32.